The Labute approximate surface area is 122 Å². The third-order valence-corrected chi connectivity index (χ3v) is 6.34. The van der Waals surface area contributed by atoms with Crippen LogP contribution in [-0.4, -0.2) is 5.11 Å². The van der Waals surface area contributed by atoms with E-state index in [0.29, 0.717) is 0 Å². The second kappa shape index (κ2) is 4.46. The van der Waals surface area contributed by atoms with Crippen LogP contribution in [0.5, 0.6) is 0 Å². The first-order valence-corrected chi connectivity index (χ1v) is 8.03. The number of hydrogen-bond donors (Lipinski definition) is 1. The van der Waals surface area contributed by atoms with Crippen LogP contribution in [0.2, 0.25) is 0 Å². The lowest BCUT2D eigenvalue weighted by atomic mass is 10.0. The molecule has 4 heteroatoms. The molecule has 1 atom stereocenters. The van der Waals surface area contributed by atoms with Crippen molar-refractivity contribution in [3.05, 3.63) is 56.0 Å². The predicted octanol–water partition coefficient (Wildman–Crippen LogP) is 4.98. The van der Waals surface area contributed by atoms with Crippen LogP contribution in [0.15, 0.2) is 46.3 Å². The average Bonchev–Trinajstić information content (AvgIpc) is 2.94. The normalized spacial score (nSPS) is 14.8. The van der Waals surface area contributed by atoms with Gasteiger partial charge in [-0.2, -0.15) is 0 Å². The maximum atomic E-state index is 10.8. The molecular formula is C14H11BrOS2. The van der Waals surface area contributed by atoms with Crippen LogP contribution in [0.1, 0.15) is 16.7 Å². The van der Waals surface area contributed by atoms with Crippen molar-refractivity contribution in [2.24, 2.45) is 0 Å². The van der Waals surface area contributed by atoms with E-state index in [-0.39, 0.29) is 0 Å². The molecule has 0 saturated heterocycles. The van der Waals surface area contributed by atoms with Gasteiger partial charge in [-0.05, 0) is 51.8 Å². The summed E-state index contributed by atoms with van der Waals surface area (Å²) in [6.07, 6.45) is 0. The van der Waals surface area contributed by atoms with Crippen molar-refractivity contribution in [1.82, 2.24) is 0 Å². The lowest BCUT2D eigenvalue weighted by Gasteiger charge is -2.20. The monoisotopic (exact) mass is 338 g/mol. The molecule has 0 aliphatic heterocycles. The van der Waals surface area contributed by atoms with Gasteiger partial charge in [0.2, 0.25) is 0 Å². The van der Waals surface area contributed by atoms with E-state index in [1.54, 1.807) is 22.7 Å². The summed E-state index contributed by atoms with van der Waals surface area (Å²) >= 11 is 6.72. The van der Waals surface area contributed by atoms with Crippen LogP contribution in [0, 0.1) is 0 Å². The maximum absolute atomic E-state index is 10.8. The second-order valence-electron chi connectivity index (χ2n) is 4.32. The van der Waals surface area contributed by atoms with Gasteiger partial charge in [0, 0.05) is 14.0 Å². The topological polar surface area (TPSA) is 20.2 Å². The van der Waals surface area contributed by atoms with Gasteiger partial charge in [0.1, 0.15) is 5.60 Å². The van der Waals surface area contributed by atoms with Gasteiger partial charge in [-0.3, -0.25) is 0 Å². The highest BCUT2D eigenvalue weighted by atomic mass is 79.9. The third kappa shape index (κ3) is 1.93. The first kappa shape index (κ1) is 12.4. The molecule has 3 rings (SSSR count). The fourth-order valence-electron chi connectivity index (χ4n) is 1.97. The summed E-state index contributed by atoms with van der Waals surface area (Å²) in [5, 5.41) is 14.0. The van der Waals surface area contributed by atoms with Gasteiger partial charge in [-0.1, -0.05) is 18.2 Å². The SMILES string of the molecule is CC(O)(c1cc2ccccc2s1)c1sccc1Br. The summed E-state index contributed by atoms with van der Waals surface area (Å²) in [5.74, 6) is 0. The largest absolute Gasteiger partial charge is 0.379 e. The van der Waals surface area contributed by atoms with Gasteiger partial charge in [-0.15, -0.1) is 22.7 Å². The van der Waals surface area contributed by atoms with Crippen molar-refractivity contribution in [3.8, 4) is 0 Å². The number of thiophene rings is 2. The summed E-state index contributed by atoms with van der Waals surface area (Å²) in [7, 11) is 0. The van der Waals surface area contributed by atoms with E-state index in [4.69, 9.17) is 0 Å². The fraction of sp³-hybridized carbons (Fsp3) is 0.143. The minimum atomic E-state index is -0.934. The second-order valence-corrected chi connectivity index (χ2v) is 7.17. The zero-order valence-corrected chi connectivity index (χ0v) is 12.9. The summed E-state index contributed by atoms with van der Waals surface area (Å²) in [6, 6.07) is 12.3. The Morgan fingerprint density at radius 3 is 2.67 bits per heavy atom. The van der Waals surface area contributed by atoms with Crippen LogP contribution < -0.4 is 0 Å². The number of benzene rings is 1. The number of hydrogen-bond acceptors (Lipinski definition) is 3. The Kier molecular flexibility index (Phi) is 3.06. The molecule has 0 spiro atoms. The van der Waals surface area contributed by atoms with Crippen LogP contribution in [0.25, 0.3) is 10.1 Å². The van der Waals surface area contributed by atoms with Crippen molar-refractivity contribution < 1.29 is 5.11 Å². The minimum Gasteiger partial charge on any atom is -0.379 e. The van der Waals surface area contributed by atoms with Gasteiger partial charge in [-0.25, -0.2) is 0 Å². The zero-order chi connectivity index (χ0) is 12.8. The Hall–Kier alpha value is -0.680. The van der Waals surface area contributed by atoms with Crippen LogP contribution >= 0.6 is 38.6 Å². The quantitative estimate of drug-likeness (QED) is 0.698. The Balaban J connectivity index is 2.16. The molecule has 2 aromatic heterocycles. The minimum absolute atomic E-state index is 0.934. The van der Waals surface area contributed by atoms with Crippen molar-refractivity contribution >= 4 is 48.7 Å². The molecule has 0 saturated carbocycles. The molecule has 0 aliphatic carbocycles. The standard InChI is InChI=1S/C14H11BrOS2/c1-14(16,13-10(15)6-7-17-13)12-8-9-4-2-3-5-11(9)18-12/h2-8,16H,1H3. The molecule has 0 bridgehead atoms. The molecular weight excluding hydrogens is 328 g/mol. The summed E-state index contributed by atoms with van der Waals surface area (Å²) < 4.78 is 2.18. The van der Waals surface area contributed by atoms with Crippen molar-refractivity contribution in [2.45, 2.75) is 12.5 Å². The van der Waals surface area contributed by atoms with E-state index in [0.717, 1.165) is 14.2 Å². The lowest BCUT2D eigenvalue weighted by Crippen LogP contribution is -2.20. The molecule has 0 amide bonds. The van der Waals surface area contributed by atoms with Crippen molar-refractivity contribution in [2.75, 3.05) is 0 Å². The molecule has 1 N–H and O–H groups in total. The first-order valence-electron chi connectivity index (χ1n) is 5.54. The summed E-state index contributed by atoms with van der Waals surface area (Å²) in [4.78, 5) is 1.93. The lowest BCUT2D eigenvalue weighted by molar-refractivity contribution is 0.110. The smallest absolute Gasteiger partial charge is 0.131 e. The van der Waals surface area contributed by atoms with Gasteiger partial charge in [0.05, 0.1) is 4.88 Å². The van der Waals surface area contributed by atoms with Crippen LogP contribution in [0.4, 0.5) is 0 Å². The maximum Gasteiger partial charge on any atom is 0.131 e. The molecule has 92 valence electrons. The zero-order valence-electron chi connectivity index (χ0n) is 9.68. The molecule has 0 fully saturated rings. The van der Waals surface area contributed by atoms with Gasteiger partial charge >= 0.3 is 0 Å². The summed E-state index contributed by atoms with van der Waals surface area (Å²) in [6.45, 7) is 1.86. The van der Waals surface area contributed by atoms with E-state index in [9.17, 15) is 5.11 Å². The highest BCUT2D eigenvalue weighted by Gasteiger charge is 2.30. The molecule has 3 aromatic rings. The third-order valence-electron chi connectivity index (χ3n) is 2.96. The molecule has 18 heavy (non-hydrogen) atoms. The predicted molar refractivity (Wildman–Crippen MR) is 82.5 cm³/mol. The molecule has 0 aliphatic rings. The Morgan fingerprint density at radius 2 is 2.00 bits per heavy atom. The van der Waals surface area contributed by atoms with E-state index >= 15 is 0 Å². The molecule has 1 unspecified atom stereocenters. The van der Waals surface area contributed by atoms with E-state index in [1.807, 2.05) is 30.5 Å². The molecule has 1 aromatic carbocycles. The molecule has 1 nitrogen and oxygen atoms in total. The number of fused-ring (bicyclic) bond motifs is 1. The van der Waals surface area contributed by atoms with Gasteiger partial charge in [0.15, 0.2) is 0 Å². The van der Waals surface area contributed by atoms with E-state index < -0.39 is 5.60 Å². The number of rotatable bonds is 2. The van der Waals surface area contributed by atoms with Crippen LogP contribution in [0.3, 0.4) is 0 Å². The highest BCUT2D eigenvalue weighted by Crippen LogP contribution is 2.42. The van der Waals surface area contributed by atoms with Gasteiger partial charge < -0.3 is 5.11 Å². The van der Waals surface area contributed by atoms with Crippen molar-refractivity contribution in [3.63, 3.8) is 0 Å². The molecule has 0 radical (unpaired) electrons. The fourth-order valence-corrected chi connectivity index (χ4v) is 4.99. The number of halogens is 1. The summed E-state index contributed by atoms with van der Waals surface area (Å²) in [5.41, 5.74) is -0.934. The Bertz CT molecular complexity index is 663. The molecule has 2 heterocycles. The highest BCUT2D eigenvalue weighted by molar-refractivity contribution is 9.10. The van der Waals surface area contributed by atoms with E-state index in [1.165, 1.54) is 10.1 Å². The first-order chi connectivity index (χ1) is 8.59. The number of aliphatic hydroxyl groups is 1. The average molecular weight is 339 g/mol. The van der Waals surface area contributed by atoms with Gasteiger partial charge in [0.25, 0.3) is 0 Å². The van der Waals surface area contributed by atoms with Crippen molar-refractivity contribution in [1.29, 1.82) is 0 Å². The van der Waals surface area contributed by atoms with Crippen LogP contribution in [-0.2, 0) is 5.60 Å². The van der Waals surface area contributed by atoms with E-state index in [2.05, 4.69) is 34.1 Å². The Morgan fingerprint density at radius 1 is 1.22 bits per heavy atom.